The first kappa shape index (κ1) is 14.8. The average molecular weight is 262 g/mol. The maximum atomic E-state index is 2.63. The van der Waals surface area contributed by atoms with E-state index in [0.29, 0.717) is 18.0 Å². The Hall–Kier alpha value is -0.600. The highest BCUT2D eigenvalue weighted by Gasteiger charge is 2.23. The lowest BCUT2D eigenvalue weighted by atomic mass is 9.93. The summed E-state index contributed by atoms with van der Waals surface area (Å²) in [7, 11) is 0. The number of allylic oxidation sites excluding steroid dienone is 1. The highest BCUT2D eigenvalue weighted by molar-refractivity contribution is 5.19. The van der Waals surface area contributed by atoms with Gasteiger partial charge in [-0.2, -0.15) is 0 Å². The molecule has 2 nitrogen and oxygen atoms in total. The fourth-order valence-corrected chi connectivity index (χ4v) is 3.08. The van der Waals surface area contributed by atoms with Crippen molar-refractivity contribution in [2.75, 3.05) is 26.2 Å². The molecule has 2 heterocycles. The summed E-state index contributed by atoms with van der Waals surface area (Å²) in [4.78, 5) is 5.21. The SMILES string of the molecule is CC(C)N1CCCC=C(C2C=CCN(C(C)C)C2)C1. The van der Waals surface area contributed by atoms with E-state index in [1.165, 1.54) is 32.5 Å². The zero-order chi connectivity index (χ0) is 13.8. The summed E-state index contributed by atoms with van der Waals surface area (Å²) in [5.41, 5.74) is 1.65. The molecule has 0 spiro atoms. The second-order valence-electron chi connectivity index (χ2n) is 6.57. The first-order valence-electron chi connectivity index (χ1n) is 7.91. The van der Waals surface area contributed by atoms with Crippen molar-refractivity contribution in [2.24, 2.45) is 5.92 Å². The van der Waals surface area contributed by atoms with Crippen molar-refractivity contribution in [2.45, 2.75) is 52.6 Å². The highest BCUT2D eigenvalue weighted by atomic mass is 15.2. The van der Waals surface area contributed by atoms with Crippen LogP contribution >= 0.6 is 0 Å². The summed E-state index contributed by atoms with van der Waals surface area (Å²) in [6.07, 6.45) is 9.88. The van der Waals surface area contributed by atoms with Crippen LogP contribution in [0.1, 0.15) is 40.5 Å². The second-order valence-corrected chi connectivity index (χ2v) is 6.57. The molecule has 0 N–H and O–H groups in total. The molecule has 108 valence electrons. The predicted molar refractivity (Wildman–Crippen MR) is 83.4 cm³/mol. The number of hydrogen-bond donors (Lipinski definition) is 0. The van der Waals surface area contributed by atoms with E-state index in [-0.39, 0.29) is 0 Å². The molecule has 0 fully saturated rings. The summed E-state index contributed by atoms with van der Waals surface area (Å²) in [5, 5.41) is 0. The van der Waals surface area contributed by atoms with Crippen LogP contribution in [-0.2, 0) is 0 Å². The third-order valence-electron chi connectivity index (χ3n) is 4.52. The lowest BCUT2D eigenvalue weighted by Crippen LogP contribution is -2.40. The molecule has 0 saturated heterocycles. The number of rotatable bonds is 3. The van der Waals surface area contributed by atoms with E-state index >= 15 is 0 Å². The molecule has 1 unspecified atom stereocenters. The first-order chi connectivity index (χ1) is 9.08. The van der Waals surface area contributed by atoms with Gasteiger partial charge < -0.3 is 0 Å². The molecule has 2 aliphatic rings. The van der Waals surface area contributed by atoms with E-state index in [0.717, 1.165) is 6.54 Å². The molecule has 0 radical (unpaired) electrons. The Balaban J connectivity index is 2.05. The molecule has 1 atom stereocenters. The Morgan fingerprint density at radius 1 is 1.11 bits per heavy atom. The summed E-state index contributed by atoms with van der Waals surface area (Å²) < 4.78 is 0. The van der Waals surface area contributed by atoms with Gasteiger partial charge in [-0.25, -0.2) is 0 Å². The van der Waals surface area contributed by atoms with Crippen LogP contribution in [0.15, 0.2) is 23.8 Å². The fourth-order valence-electron chi connectivity index (χ4n) is 3.08. The molecule has 0 aromatic rings. The molecular weight excluding hydrogens is 232 g/mol. The van der Waals surface area contributed by atoms with Crippen molar-refractivity contribution in [1.29, 1.82) is 0 Å². The number of nitrogens with zero attached hydrogens (tertiary/aromatic N) is 2. The summed E-state index contributed by atoms with van der Waals surface area (Å²) >= 11 is 0. The Morgan fingerprint density at radius 3 is 2.53 bits per heavy atom. The maximum absolute atomic E-state index is 2.63. The van der Waals surface area contributed by atoms with Gasteiger partial charge >= 0.3 is 0 Å². The zero-order valence-corrected chi connectivity index (χ0v) is 13.1. The minimum Gasteiger partial charge on any atom is -0.297 e. The quantitative estimate of drug-likeness (QED) is 0.720. The lowest BCUT2D eigenvalue weighted by molar-refractivity contribution is 0.206. The van der Waals surface area contributed by atoms with Gasteiger partial charge in [-0.15, -0.1) is 0 Å². The van der Waals surface area contributed by atoms with E-state index in [9.17, 15) is 0 Å². The van der Waals surface area contributed by atoms with Crippen LogP contribution in [0.2, 0.25) is 0 Å². The van der Waals surface area contributed by atoms with Crippen molar-refractivity contribution < 1.29 is 0 Å². The molecule has 2 heteroatoms. The van der Waals surface area contributed by atoms with Crippen molar-refractivity contribution in [1.82, 2.24) is 9.80 Å². The molecule has 0 amide bonds. The van der Waals surface area contributed by atoms with Crippen LogP contribution in [0.3, 0.4) is 0 Å². The van der Waals surface area contributed by atoms with E-state index in [1.54, 1.807) is 5.57 Å². The Kier molecular flexibility index (Phi) is 5.23. The van der Waals surface area contributed by atoms with Gasteiger partial charge in [0.25, 0.3) is 0 Å². The number of hydrogen-bond acceptors (Lipinski definition) is 2. The largest absolute Gasteiger partial charge is 0.297 e. The van der Waals surface area contributed by atoms with Crippen molar-refractivity contribution >= 4 is 0 Å². The van der Waals surface area contributed by atoms with Crippen LogP contribution in [0, 0.1) is 5.92 Å². The summed E-state index contributed by atoms with van der Waals surface area (Å²) in [5.74, 6) is 0.635. The van der Waals surface area contributed by atoms with E-state index in [4.69, 9.17) is 0 Å². The molecule has 19 heavy (non-hydrogen) atoms. The maximum Gasteiger partial charge on any atom is 0.0201 e. The van der Waals surface area contributed by atoms with Crippen LogP contribution in [0.5, 0.6) is 0 Å². The van der Waals surface area contributed by atoms with E-state index in [2.05, 4.69) is 55.7 Å². The first-order valence-corrected chi connectivity index (χ1v) is 7.91. The predicted octanol–water partition coefficient (Wildman–Crippen LogP) is 3.31. The third kappa shape index (κ3) is 3.93. The fraction of sp³-hybridized carbons (Fsp3) is 0.765. The molecule has 2 aliphatic heterocycles. The van der Waals surface area contributed by atoms with Gasteiger partial charge in [0.1, 0.15) is 0 Å². The van der Waals surface area contributed by atoms with E-state index in [1.807, 2.05) is 0 Å². The van der Waals surface area contributed by atoms with Crippen molar-refractivity contribution in [3.05, 3.63) is 23.8 Å². The Morgan fingerprint density at radius 2 is 1.84 bits per heavy atom. The van der Waals surface area contributed by atoms with Crippen LogP contribution in [0.25, 0.3) is 0 Å². The molecule has 2 rings (SSSR count). The Bertz CT molecular complexity index is 341. The van der Waals surface area contributed by atoms with Gasteiger partial charge in [0.05, 0.1) is 0 Å². The molecular formula is C17H30N2. The summed E-state index contributed by atoms with van der Waals surface area (Å²) in [6, 6.07) is 1.32. The third-order valence-corrected chi connectivity index (χ3v) is 4.52. The molecule has 0 aliphatic carbocycles. The second kappa shape index (κ2) is 6.71. The van der Waals surface area contributed by atoms with Crippen LogP contribution in [-0.4, -0.2) is 48.1 Å². The molecule has 0 aromatic heterocycles. The van der Waals surface area contributed by atoms with Gasteiger partial charge in [-0.1, -0.05) is 23.8 Å². The average Bonchev–Trinajstić information content (AvgIpc) is 2.64. The van der Waals surface area contributed by atoms with Gasteiger partial charge in [0, 0.05) is 37.6 Å². The van der Waals surface area contributed by atoms with Gasteiger partial charge in [0.2, 0.25) is 0 Å². The van der Waals surface area contributed by atoms with Crippen LogP contribution < -0.4 is 0 Å². The standard InChI is InChI=1S/C17H30N2/c1-14(2)18-10-6-5-8-16(12-18)17-9-7-11-19(13-17)15(3)4/h7-9,14-15,17H,5-6,10-13H2,1-4H3. The van der Waals surface area contributed by atoms with Crippen LogP contribution in [0.4, 0.5) is 0 Å². The topological polar surface area (TPSA) is 6.48 Å². The zero-order valence-electron chi connectivity index (χ0n) is 13.1. The normalized spacial score (nSPS) is 26.8. The smallest absolute Gasteiger partial charge is 0.0201 e. The van der Waals surface area contributed by atoms with Crippen molar-refractivity contribution in [3.8, 4) is 0 Å². The highest BCUT2D eigenvalue weighted by Crippen LogP contribution is 2.24. The van der Waals surface area contributed by atoms with Gasteiger partial charge in [-0.05, 0) is 47.1 Å². The summed E-state index contributed by atoms with van der Waals surface area (Å²) in [6.45, 7) is 14.0. The van der Waals surface area contributed by atoms with Crippen molar-refractivity contribution in [3.63, 3.8) is 0 Å². The minimum atomic E-state index is 0.635. The molecule has 0 aromatic carbocycles. The monoisotopic (exact) mass is 262 g/mol. The molecule has 0 bridgehead atoms. The molecule has 0 saturated carbocycles. The Labute approximate surface area is 119 Å². The van der Waals surface area contributed by atoms with E-state index < -0.39 is 0 Å². The van der Waals surface area contributed by atoms with Gasteiger partial charge in [-0.3, -0.25) is 9.80 Å². The minimum absolute atomic E-state index is 0.635. The lowest BCUT2D eigenvalue weighted by Gasteiger charge is -2.34. The van der Waals surface area contributed by atoms with Gasteiger partial charge in [0.15, 0.2) is 0 Å².